The van der Waals surface area contributed by atoms with Gasteiger partial charge in [0.1, 0.15) is 11.2 Å². The van der Waals surface area contributed by atoms with Gasteiger partial charge in [-0.05, 0) is 55.5 Å². The van der Waals surface area contributed by atoms with Gasteiger partial charge in [0.2, 0.25) is 5.91 Å². The number of carbonyl (C=O) groups excluding carboxylic acids is 2. The molecular weight excluding hydrogens is 401 g/mol. The van der Waals surface area contributed by atoms with Crippen molar-refractivity contribution in [2.45, 2.75) is 19.9 Å². The lowest BCUT2D eigenvalue weighted by atomic mass is 10.1. The van der Waals surface area contributed by atoms with Gasteiger partial charge in [0.25, 0.3) is 5.56 Å². The minimum Gasteiger partial charge on any atom is -0.326 e. The summed E-state index contributed by atoms with van der Waals surface area (Å²) >= 11 is 0. The Morgan fingerprint density at radius 1 is 1.06 bits per heavy atom. The van der Waals surface area contributed by atoms with Gasteiger partial charge in [0.15, 0.2) is 11.4 Å². The molecule has 0 aliphatic heterocycles. The summed E-state index contributed by atoms with van der Waals surface area (Å²) in [6.07, 6.45) is 2.83. The summed E-state index contributed by atoms with van der Waals surface area (Å²) in [6, 6.07) is 12.3. The summed E-state index contributed by atoms with van der Waals surface area (Å²) < 4.78 is 16.0. The van der Waals surface area contributed by atoms with Crippen LogP contribution in [0.2, 0.25) is 0 Å². The highest BCUT2D eigenvalue weighted by molar-refractivity contribution is 5.95. The first-order valence-corrected chi connectivity index (χ1v) is 9.52. The van der Waals surface area contributed by atoms with Gasteiger partial charge < -0.3 is 5.32 Å². The summed E-state index contributed by atoms with van der Waals surface area (Å²) in [6.45, 7) is 1.61. The van der Waals surface area contributed by atoms with Crippen LogP contribution >= 0.6 is 0 Å². The molecule has 2 aromatic carbocycles. The van der Waals surface area contributed by atoms with Crippen molar-refractivity contribution in [1.29, 1.82) is 0 Å². The number of nitrogens with zero attached hydrogens (tertiary/aromatic N) is 4. The number of aromatic nitrogens is 4. The number of halogens is 1. The molecule has 0 bridgehead atoms. The third-order valence-electron chi connectivity index (χ3n) is 4.78. The molecule has 0 atom stereocenters. The number of carbonyl (C=O) groups is 2. The molecule has 0 unspecified atom stereocenters. The average Bonchev–Trinajstić information content (AvgIpc) is 3.19. The van der Waals surface area contributed by atoms with Crippen LogP contribution in [-0.2, 0) is 11.3 Å². The van der Waals surface area contributed by atoms with Gasteiger partial charge in [0.05, 0.1) is 18.2 Å². The summed E-state index contributed by atoms with van der Waals surface area (Å²) in [5, 5.41) is 7.21. The van der Waals surface area contributed by atoms with Crippen molar-refractivity contribution in [2.75, 3.05) is 5.32 Å². The van der Waals surface area contributed by atoms with Crippen molar-refractivity contribution in [3.05, 3.63) is 82.8 Å². The van der Waals surface area contributed by atoms with Crippen molar-refractivity contribution >= 4 is 28.4 Å². The lowest BCUT2D eigenvalue weighted by Gasteiger charge is -2.08. The summed E-state index contributed by atoms with van der Waals surface area (Å²) in [5.74, 6) is -0.698. The van der Waals surface area contributed by atoms with Gasteiger partial charge in [-0.2, -0.15) is 5.10 Å². The van der Waals surface area contributed by atoms with E-state index >= 15 is 0 Å². The molecule has 4 rings (SSSR count). The van der Waals surface area contributed by atoms with Crippen molar-refractivity contribution in [3.8, 4) is 5.69 Å². The highest BCUT2D eigenvalue weighted by Crippen LogP contribution is 2.14. The first kappa shape index (κ1) is 20.1. The number of anilines is 1. The molecule has 0 saturated heterocycles. The monoisotopic (exact) mass is 419 g/mol. The number of aryl methyl sites for hydroxylation is 1. The molecule has 1 N–H and O–H groups in total. The Bertz CT molecular complexity index is 1320. The molecule has 8 nitrogen and oxygen atoms in total. The van der Waals surface area contributed by atoms with Gasteiger partial charge in [-0.3, -0.25) is 19.0 Å². The number of hydrogen-bond acceptors (Lipinski definition) is 5. The Morgan fingerprint density at radius 3 is 2.45 bits per heavy atom. The molecular formula is C22H18FN5O3. The van der Waals surface area contributed by atoms with E-state index in [4.69, 9.17) is 0 Å². The van der Waals surface area contributed by atoms with Crippen LogP contribution in [-0.4, -0.2) is 31.0 Å². The molecule has 9 heteroatoms. The summed E-state index contributed by atoms with van der Waals surface area (Å²) in [4.78, 5) is 40.6. The van der Waals surface area contributed by atoms with E-state index in [1.54, 1.807) is 36.4 Å². The maximum atomic E-state index is 13.2. The first-order chi connectivity index (χ1) is 14.9. The molecule has 1 amide bonds. The number of ketones is 1. The normalized spacial score (nSPS) is 10.9. The predicted octanol–water partition coefficient (Wildman–Crippen LogP) is 2.95. The Kier molecular flexibility index (Phi) is 5.40. The third-order valence-corrected chi connectivity index (χ3v) is 4.78. The second-order valence-corrected chi connectivity index (χ2v) is 6.94. The molecule has 0 fully saturated rings. The molecule has 0 radical (unpaired) electrons. The minimum atomic E-state index is -0.372. The van der Waals surface area contributed by atoms with Crippen LogP contribution in [0, 0.1) is 5.82 Å². The van der Waals surface area contributed by atoms with E-state index in [0.29, 0.717) is 28.0 Å². The topological polar surface area (TPSA) is 98.9 Å². The summed E-state index contributed by atoms with van der Waals surface area (Å²) in [5.41, 5.74) is 1.73. The fourth-order valence-electron chi connectivity index (χ4n) is 3.11. The zero-order valence-corrected chi connectivity index (χ0v) is 16.6. The van der Waals surface area contributed by atoms with Gasteiger partial charge in [-0.15, -0.1) is 0 Å². The standard InChI is InChI=1S/C22H18FN5O3/c1-14(29)15-2-6-17(7-3-15)26-20(30)10-11-27-13-24-21-19(22(27)31)12-25-28(21)18-8-4-16(23)5-9-18/h2-9,12-13H,10-11H2,1H3,(H,26,30). The number of nitrogens with one attached hydrogen (secondary N) is 1. The minimum absolute atomic E-state index is 0.0529. The molecule has 0 spiro atoms. The quantitative estimate of drug-likeness (QED) is 0.485. The SMILES string of the molecule is CC(=O)c1ccc(NC(=O)CCn2cnc3c(cnn3-c3ccc(F)cc3)c2=O)cc1. The maximum absolute atomic E-state index is 13.2. The molecule has 0 aliphatic rings. The van der Waals surface area contributed by atoms with Crippen molar-refractivity contribution < 1.29 is 14.0 Å². The Balaban J connectivity index is 1.47. The highest BCUT2D eigenvalue weighted by Gasteiger charge is 2.12. The van der Waals surface area contributed by atoms with Gasteiger partial charge in [-0.25, -0.2) is 14.1 Å². The molecule has 156 valence electrons. The van der Waals surface area contributed by atoms with Gasteiger partial charge >= 0.3 is 0 Å². The average molecular weight is 419 g/mol. The van der Waals surface area contributed by atoms with Crippen molar-refractivity contribution in [3.63, 3.8) is 0 Å². The van der Waals surface area contributed by atoms with Crippen LogP contribution in [0.25, 0.3) is 16.7 Å². The van der Waals surface area contributed by atoms with Crippen LogP contribution in [0.3, 0.4) is 0 Å². The van der Waals surface area contributed by atoms with Crippen LogP contribution in [0.15, 0.2) is 65.8 Å². The van der Waals surface area contributed by atoms with Gasteiger partial charge in [-0.1, -0.05) is 0 Å². The highest BCUT2D eigenvalue weighted by atomic mass is 19.1. The number of fused-ring (bicyclic) bond motifs is 1. The van der Waals surface area contributed by atoms with Crippen LogP contribution in [0.1, 0.15) is 23.7 Å². The number of amides is 1. The van der Waals surface area contributed by atoms with Crippen LogP contribution in [0.4, 0.5) is 10.1 Å². The number of rotatable bonds is 6. The second-order valence-electron chi connectivity index (χ2n) is 6.94. The molecule has 31 heavy (non-hydrogen) atoms. The van der Waals surface area contributed by atoms with E-state index in [2.05, 4.69) is 15.4 Å². The lowest BCUT2D eigenvalue weighted by Crippen LogP contribution is -2.23. The van der Waals surface area contributed by atoms with Gasteiger partial charge in [0, 0.05) is 24.2 Å². The van der Waals surface area contributed by atoms with E-state index in [-0.39, 0.29) is 36.0 Å². The molecule has 0 aliphatic carbocycles. The third kappa shape index (κ3) is 4.25. The Labute approximate surface area is 176 Å². The smallest absolute Gasteiger partial charge is 0.264 e. The number of Topliss-reactive ketones (excluding diaryl/α,β-unsaturated/α-hetero) is 1. The molecule has 4 aromatic rings. The molecule has 2 heterocycles. The van der Waals surface area contributed by atoms with Crippen LogP contribution < -0.4 is 10.9 Å². The van der Waals surface area contributed by atoms with E-state index in [0.717, 1.165) is 0 Å². The number of benzene rings is 2. The van der Waals surface area contributed by atoms with E-state index in [1.165, 1.54) is 40.8 Å². The zero-order valence-electron chi connectivity index (χ0n) is 16.6. The molecule has 2 aromatic heterocycles. The summed E-state index contributed by atoms with van der Waals surface area (Å²) in [7, 11) is 0. The van der Waals surface area contributed by atoms with Crippen molar-refractivity contribution in [2.24, 2.45) is 0 Å². The second kappa shape index (κ2) is 8.31. The number of hydrogen-bond donors (Lipinski definition) is 1. The van der Waals surface area contributed by atoms with Crippen molar-refractivity contribution in [1.82, 2.24) is 19.3 Å². The lowest BCUT2D eigenvalue weighted by molar-refractivity contribution is -0.116. The zero-order chi connectivity index (χ0) is 22.0. The van der Waals surface area contributed by atoms with E-state index in [1.807, 2.05) is 0 Å². The molecule has 0 saturated carbocycles. The van der Waals surface area contributed by atoms with Crippen LogP contribution in [0.5, 0.6) is 0 Å². The largest absolute Gasteiger partial charge is 0.326 e. The Hall–Kier alpha value is -4.14. The fourth-order valence-corrected chi connectivity index (χ4v) is 3.11. The fraction of sp³-hybridized carbons (Fsp3) is 0.136. The Morgan fingerprint density at radius 2 is 1.77 bits per heavy atom. The predicted molar refractivity (Wildman–Crippen MR) is 113 cm³/mol. The first-order valence-electron chi connectivity index (χ1n) is 9.52. The van der Waals surface area contributed by atoms with E-state index < -0.39 is 0 Å². The maximum Gasteiger partial charge on any atom is 0.264 e. The van der Waals surface area contributed by atoms with E-state index in [9.17, 15) is 18.8 Å².